The molecule has 0 aromatic heterocycles. The Labute approximate surface area is 166 Å². The highest BCUT2D eigenvalue weighted by Crippen LogP contribution is 2.39. The number of hydrogen-bond donors (Lipinski definition) is 2. The molecule has 28 heavy (non-hydrogen) atoms. The van der Waals surface area contributed by atoms with E-state index in [2.05, 4.69) is 10.1 Å². The molecule has 4 unspecified atom stereocenters. The lowest BCUT2D eigenvalue weighted by Crippen LogP contribution is -2.63. The number of rotatable bonds is 5. The van der Waals surface area contributed by atoms with E-state index in [-0.39, 0.29) is 35.9 Å². The second-order valence-corrected chi connectivity index (χ2v) is 11.2. The van der Waals surface area contributed by atoms with Gasteiger partial charge in [0.25, 0.3) is 0 Å². The summed E-state index contributed by atoms with van der Waals surface area (Å²) in [6.07, 6.45) is 3.03. The molecule has 0 bridgehead atoms. The van der Waals surface area contributed by atoms with Crippen molar-refractivity contribution in [3.05, 3.63) is 0 Å². The van der Waals surface area contributed by atoms with Gasteiger partial charge < -0.3 is 4.90 Å². The molecule has 2 N–H and O–H groups in total. The minimum absolute atomic E-state index is 0.183. The summed E-state index contributed by atoms with van der Waals surface area (Å²) in [5, 5.41) is 1.39. The molecule has 2 saturated heterocycles. The van der Waals surface area contributed by atoms with Crippen LogP contribution in [-0.4, -0.2) is 85.7 Å². The minimum Gasteiger partial charge on any atom is -0.324 e. The molecule has 0 spiro atoms. The first-order chi connectivity index (χ1) is 13.1. The molecule has 4 atom stereocenters. The molecule has 4 rings (SSSR count). The predicted octanol–water partition coefficient (Wildman–Crippen LogP) is -0.0442. The van der Waals surface area contributed by atoms with Crippen molar-refractivity contribution >= 4 is 22.0 Å². The van der Waals surface area contributed by atoms with E-state index in [4.69, 9.17) is 0 Å². The molecule has 2 aliphatic carbocycles. The lowest BCUT2D eigenvalue weighted by Gasteiger charge is -2.47. The first-order valence-electron chi connectivity index (χ1n) is 10.2. The number of sulfonamides is 1. The van der Waals surface area contributed by atoms with Gasteiger partial charge in [0, 0.05) is 51.2 Å². The van der Waals surface area contributed by atoms with Crippen LogP contribution >= 0.6 is 0 Å². The fraction of sp³-hybridized carbons (Fsp3) is 0.889. The van der Waals surface area contributed by atoms with Gasteiger partial charge >= 0.3 is 6.03 Å². The molecule has 0 radical (unpaired) electrons. The highest BCUT2D eigenvalue weighted by atomic mass is 32.2. The average Bonchev–Trinajstić information content (AvgIpc) is 3.20. The van der Waals surface area contributed by atoms with Gasteiger partial charge in [-0.3, -0.25) is 15.1 Å². The number of fused-ring (bicyclic) bond motifs is 1. The van der Waals surface area contributed by atoms with Crippen LogP contribution in [0.15, 0.2) is 0 Å². The van der Waals surface area contributed by atoms with Crippen LogP contribution in [-0.2, 0) is 14.8 Å². The Morgan fingerprint density at radius 1 is 1.21 bits per heavy atom. The molecule has 0 aromatic carbocycles. The summed E-state index contributed by atoms with van der Waals surface area (Å²) >= 11 is 0. The van der Waals surface area contributed by atoms with Gasteiger partial charge in [-0.15, -0.1) is 0 Å². The van der Waals surface area contributed by atoms with Crippen LogP contribution in [0.3, 0.4) is 0 Å². The molecule has 0 aromatic rings. The van der Waals surface area contributed by atoms with Crippen LogP contribution in [0.4, 0.5) is 4.79 Å². The summed E-state index contributed by atoms with van der Waals surface area (Å²) in [6, 6.07) is -0.464. The number of amides is 3. The van der Waals surface area contributed by atoms with Crippen molar-refractivity contribution in [3.8, 4) is 0 Å². The number of urea groups is 1. The van der Waals surface area contributed by atoms with Crippen LogP contribution in [0, 0.1) is 11.8 Å². The Balaban J connectivity index is 1.49. The molecule has 2 saturated carbocycles. The average molecular weight is 414 g/mol. The van der Waals surface area contributed by atoms with Gasteiger partial charge in [-0.25, -0.2) is 22.9 Å². The number of imide groups is 1. The van der Waals surface area contributed by atoms with Crippen molar-refractivity contribution in [3.63, 3.8) is 0 Å². The summed E-state index contributed by atoms with van der Waals surface area (Å²) in [5.74, 6) is -0.472. The maximum absolute atomic E-state index is 13.2. The van der Waals surface area contributed by atoms with Gasteiger partial charge in [0.2, 0.25) is 15.9 Å². The van der Waals surface area contributed by atoms with Crippen molar-refractivity contribution in [1.29, 1.82) is 0 Å². The summed E-state index contributed by atoms with van der Waals surface area (Å²) in [7, 11) is 0.198. The fourth-order valence-corrected chi connectivity index (χ4v) is 6.78. The van der Waals surface area contributed by atoms with Crippen LogP contribution in [0.2, 0.25) is 0 Å². The Morgan fingerprint density at radius 2 is 1.93 bits per heavy atom. The van der Waals surface area contributed by atoms with Crippen molar-refractivity contribution in [2.24, 2.45) is 11.8 Å². The quantitative estimate of drug-likeness (QED) is 0.656. The van der Waals surface area contributed by atoms with E-state index in [1.807, 2.05) is 19.0 Å². The van der Waals surface area contributed by atoms with E-state index in [9.17, 15) is 18.0 Å². The molecule has 4 aliphatic rings. The second kappa shape index (κ2) is 6.93. The summed E-state index contributed by atoms with van der Waals surface area (Å²) < 4.78 is 28.5. The second-order valence-electron chi connectivity index (χ2n) is 9.27. The largest absolute Gasteiger partial charge is 0.326 e. The van der Waals surface area contributed by atoms with Gasteiger partial charge in [-0.2, -0.15) is 0 Å². The monoisotopic (exact) mass is 413 g/mol. The van der Waals surface area contributed by atoms with Crippen molar-refractivity contribution in [2.45, 2.75) is 55.9 Å². The lowest BCUT2D eigenvalue weighted by molar-refractivity contribution is -0.140. The first-order valence-corrected chi connectivity index (χ1v) is 11.7. The van der Waals surface area contributed by atoms with Crippen LogP contribution < -0.4 is 10.1 Å². The first kappa shape index (κ1) is 20.1. The number of hydrazine groups is 1. The normalized spacial score (nSPS) is 36.0. The van der Waals surface area contributed by atoms with Crippen LogP contribution in [0.25, 0.3) is 0 Å². The van der Waals surface area contributed by atoms with E-state index in [1.165, 1.54) is 4.90 Å². The number of hydrogen-bond acceptors (Lipinski definition) is 6. The summed E-state index contributed by atoms with van der Waals surface area (Å²) in [5.41, 5.74) is 2.88. The van der Waals surface area contributed by atoms with E-state index in [0.717, 1.165) is 25.9 Å². The number of nitrogens with zero attached hydrogens (tertiary/aromatic N) is 3. The third kappa shape index (κ3) is 3.67. The highest BCUT2D eigenvalue weighted by Gasteiger charge is 2.51. The fourth-order valence-electron chi connectivity index (χ4n) is 4.82. The highest BCUT2D eigenvalue weighted by molar-refractivity contribution is 7.90. The van der Waals surface area contributed by atoms with E-state index >= 15 is 0 Å². The molecule has 3 amide bonds. The summed E-state index contributed by atoms with van der Waals surface area (Å²) in [4.78, 5) is 29.0. The minimum atomic E-state index is -3.47. The van der Waals surface area contributed by atoms with Crippen LogP contribution in [0.5, 0.6) is 0 Å². The maximum Gasteiger partial charge on any atom is 0.326 e. The molecular formula is C18H31N5O4S. The number of carbonyl (C=O) groups is 2. The maximum atomic E-state index is 13.2. The van der Waals surface area contributed by atoms with E-state index in [1.54, 1.807) is 11.9 Å². The Hall–Kier alpha value is -1.23. The Morgan fingerprint density at radius 3 is 2.54 bits per heavy atom. The lowest BCUT2D eigenvalue weighted by atomic mass is 9.81. The smallest absolute Gasteiger partial charge is 0.324 e. The number of carbonyl (C=O) groups excluding carboxylic acids is 2. The van der Waals surface area contributed by atoms with Crippen molar-refractivity contribution in [1.82, 2.24) is 25.0 Å². The molecule has 10 heteroatoms. The molecule has 4 fully saturated rings. The zero-order valence-electron chi connectivity index (χ0n) is 16.8. The molecule has 2 heterocycles. The van der Waals surface area contributed by atoms with Gasteiger partial charge in [0.05, 0.1) is 11.2 Å². The Bertz CT molecular complexity index is 768. The third-order valence-electron chi connectivity index (χ3n) is 6.83. The molecule has 9 nitrogen and oxygen atoms in total. The van der Waals surface area contributed by atoms with Crippen molar-refractivity contribution < 1.29 is 18.0 Å². The van der Waals surface area contributed by atoms with E-state index < -0.39 is 21.2 Å². The third-order valence-corrected chi connectivity index (χ3v) is 8.91. The molecule has 2 aliphatic heterocycles. The van der Waals surface area contributed by atoms with Crippen molar-refractivity contribution in [2.75, 3.05) is 33.7 Å². The van der Waals surface area contributed by atoms with Gasteiger partial charge in [0.1, 0.15) is 0 Å². The van der Waals surface area contributed by atoms with Gasteiger partial charge in [-0.05, 0) is 39.0 Å². The standard InChI is InChI=1S/C18H31N5O4S/c1-18(6-7-18)20-28(26,27)13-4-5-15-14(8-13)16(24)23(17(25)22(15)3)11-12-9-19-21(2)10-12/h12-15,19-20H,4-11H2,1-3H3. The van der Waals surface area contributed by atoms with Gasteiger partial charge in [-0.1, -0.05) is 0 Å². The topological polar surface area (TPSA) is 102 Å². The van der Waals surface area contributed by atoms with Crippen LogP contribution in [0.1, 0.15) is 39.0 Å². The number of nitrogens with one attached hydrogen (secondary N) is 2. The summed E-state index contributed by atoms with van der Waals surface area (Å²) in [6.45, 7) is 3.79. The zero-order valence-corrected chi connectivity index (χ0v) is 17.7. The predicted molar refractivity (Wildman–Crippen MR) is 104 cm³/mol. The SMILES string of the molecule is CN1CC(CN2C(=O)C3CC(S(=O)(=O)NC4(C)CC4)CCC3N(C)C2=O)CN1. The Kier molecular flexibility index (Phi) is 4.96. The molecule has 158 valence electrons. The zero-order chi connectivity index (χ0) is 20.3. The molecular weight excluding hydrogens is 382 g/mol. The van der Waals surface area contributed by atoms with Gasteiger partial charge in [0.15, 0.2) is 0 Å². The van der Waals surface area contributed by atoms with E-state index in [0.29, 0.717) is 19.4 Å².